The summed E-state index contributed by atoms with van der Waals surface area (Å²) in [6.45, 7) is 4.09. The molecule has 4 unspecified atom stereocenters. The first-order valence-corrected chi connectivity index (χ1v) is 26.7. The number of phosphoric acid groups is 1. The summed E-state index contributed by atoms with van der Waals surface area (Å²) >= 11 is 0. The molecule has 58 heavy (non-hydrogen) atoms. The Labute approximate surface area is 359 Å². The number of carbonyl (C=O) groups is 1. The van der Waals surface area contributed by atoms with E-state index in [1.54, 1.807) is 0 Å². The molecule has 10 heteroatoms. The lowest BCUT2D eigenvalue weighted by Gasteiger charge is -2.25. The van der Waals surface area contributed by atoms with Crippen LogP contribution < -0.4 is 11.1 Å². The molecule has 4 atom stereocenters. The molecular weight excluding hydrogens is 748 g/mol. The van der Waals surface area contributed by atoms with Crippen molar-refractivity contribution in [2.45, 2.75) is 283 Å². The zero-order valence-electron chi connectivity index (χ0n) is 38.4. The number of hydrogen-bond acceptors (Lipinski definition) is 7. The SMILES string of the molecule is CCCCCCCCCCCCCCCCCCCCCCC(O)CC(=O)NC(COP(=O)(O)OCCN)C(O)CCCCCCCCCCCCCCCCCC. The Morgan fingerprint density at radius 2 is 0.828 bits per heavy atom. The first-order valence-electron chi connectivity index (χ1n) is 25.2. The number of nitrogens with one attached hydrogen (secondary N) is 1. The second-order valence-corrected chi connectivity index (χ2v) is 19.0. The highest BCUT2D eigenvalue weighted by Gasteiger charge is 2.28. The standard InChI is InChI=1S/C48H99N2O7P/c1-3-5-7-9-11-13-15-17-19-21-22-23-24-25-27-29-31-33-35-37-39-45(51)43-48(53)50-46(44-57-58(54,55)56-42-41-49)47(52)40-38-36-34-32-30-28-26-20-18-16-14-12-10-8-6-4-2/h45-47,51-52H,3-44,49H2,1-2H3,(H,50,53)(H,54,55). The molecule has 0 fully saturated rings. The Kier molecular flexibility index (Phi) is 44.1. The second kappa shape index (κ2) is 44.5. The third-order valence-corrected chi connectivity index (χ3v) is 12.7. The van der Waals surface area contributed by atoms with Crippen LogP contribution in [0.15, 0.2) is 0 Å². The van der Waals surface area contributed by atoms with Crippen LogP contribution in [0.1, 0.15) is 264 Å². The van der Waals surface area contributed by atoms with E-state index >= 15 is 0 Å². The number of nitrogens with two attached hydrogens (primary N) is 1. The second-order valence-electron chi connectivity index (χ2n) is 17.6. The summed E-state index contributed by atoms with van der Waals surface area (Å²) in [5.74, 6) is -0.407. The van der Waals surface area contributed by atoms with E-state index in [-0.39, 0.29) is 26.2 Å². The van der Waals surface area contributed by atoms with E-state index in [1.165, 1.54) is 193 Å². The molecule has 348 valence electrons. The lowest BCUT2D eigenvalue weighted by molar-refractivity contribution is -0.125. The summed E-state index contributed by atoms with van der Waals surface area (Å²) < 4.78 is 22.2. The maximum Gasteiger partial charge on any atom is 0.472 e. The van der Waals surface area contributed by atoms with Gasteiger partial charge in [-0.1, -0.05) is 245 Å². The van der Waals surface area contributed by atoms with E-state index in [0.29, 0.717) is 12.8 Å². The highest BCUT2D eigenvalue weighted by Crippen LogP contribution is 2.43. The number of aliphatic hydroxyl groups is 2. The molecule has 0 radical (unpaired) electrons. The molecule has 0 aromatic carbocycles. The van der Waals surface area contributed by atoms with Crippen molar-refractivity contribution in [3.05, 3.63) is 0 Å². The molecule has 0 rings (SSSR count). The number of amides is 1. The van der Waals surface area contributed by atoms with Gasteiger partial charge in [0.1, 0.15) is 0 Å². The number of hydrogen-bond donors (Lipinski definition) is 5. The monoisotopic (exact) mass is 847 g/mol. The zero-order chi connectivity index (χ0) is 42.6. The van der Waals surface area contributed by atoms with Crippen molar-refractivity contribution < 1.29 is 33.5 Å². The molecule has 0 aromatic heterocycles. The van der Waals surface area contributed by atoms with Crippen molar-refractivity contribution in [1.29, 1.82) is 0 Å². The molecule has 0 heterocycles. The average Bonchev–Trinajstić information content (AvgIpc) is 3.20. The van der Waals surface area contributed by atoms with Crippen LogP contribution in [0.2, 0.25) is 0 Å². The van der Waals surface area contributed by atoms with Crippen molar-refractivity contribution in [3.8, 4) is 0 Å². The van der Waals surface area contributed by atoms with Crippen molar-refractivity contribution in [3.63, 3.8) is 0 Å². The molecule has 9 nitrogen and oxygen atoms in total. The minimum Gasteiger partial charge on any atom is -0.393 e. The van der Waals surface area contributed by atoms with E-state index in [2.05, 4.69) is 19.2 Å². The van der Waals surface area contributed by atoms with Gasteiger partial charge in [-0.25, -0.2) is 4.57 Å². The maximum atomic E-state index is 12.9. The van der Waals surface area contributed by atoms with Gasteiger partial charge in [-0.3, -0.25) is 13.8 Å². The fourth-order valence-corrected chi connectivity index (χ4v) is 8.71. The number of aliphatic hydroxyl groups excluding tert-OH is 2. The van der Waals surface area contributed by atoms with Crippen LogP contribution in [0.3, 0.4) is 0 Å². The van der Waals surface area contributed by atoms with Crippen molar-refractivity contribution >= 4 is 13.7 Å². The van der Waals surface area contributed by atoms with Crippen LogP contribution in [0.25, 0.3) is 0 Å². The Morgan fingerprint density at radius 1 is 0.517 bits per heavy atom. The van der Waals surface area contributed by atoms with Crippen LogP contribution in [0, 0.1) is 0 Å². The smallest absolute Gasteiger partial charge is 0.393 e. The van der Waals surface area contributed by atoms with E-state index < -0.39 is 32.0 Å². The molecule has 0 bridgehead atoms. The predicted molar refractivity (Wildman–Crippen MR) is 246 cm³/mol. The number of rotatable bonds is 48. The Bertz CT molecular complexity index is 898. The average molecular weight is 847 g/mol. The summed E-state index contributed by atoms with van der Waals surface area (Å²) in [6, 6.07) is -0.891. The van der Waals surface area contributed by atoms with Crippen LogP contribution in [0.4, 0.5) is 0 Å². The number of phosphoric ester groups is 1. The van der Waals surface area contributed by atoms with E-state index in [9.17, 15) is 24.5 Å². The fourth-order valence-electron chi connectivity index (χ4n) is 7.95. The van der Waals surface area contributed by atoms with E-state index in [0.717, 1.165) is 38.5 Å². The molecule has 6 N–H and O–H groups in total. The molecule has 0 saturated carbocycles. The van der Waals surface area contributed by atoms with Gasteiger partial charge in [0, 0.05) is 6.54 Å². The quantitative estimate of drug-likeness (QED) is 0.0300. The van der Waals surface area contributed by atoms with Crippen LogP contribution >= 0.6 is 7.82 Å². The van der Waals surface area contributed by atoms with Gasteiger partial charge in [-0.15, -0.1) is 0 Å². The summed E-state index contributed by atoms with van der Waals surface area (Å²) in [5, 5.41) is 24.3. The van der Waals surface area contributed by atoms with E-state index in [4.69, 9.17) is 14.8 Å². The van der Waals surface area contributed by atoms with Crippen molar-refractivity contribution in [1.82, 2.24) is 5.32 Å². The number of carbonyl (C=O) groups excluding carboxylic acids is 1. The van der Waals surface area contributed by atoms with Gasteiger partial charge in [-0.05, 0) is 12.8 Å². The van der Waals surface area contributed by atoms with Crippen LogP contribution in [-0.4, -0.2) is 59.0 Å². The normalized spacial score (nSPS) is 14.4. The Hall–Kier alpha value is -0.540. The van der Waals surface area contributed by atoms with Crippen LogP contribution in [0.5, 0.6) is 0 Å². The molecule has 0 aliphatic carbocycles. The van der Waals surface area contributed by atoms with E-state index in [1.807, 2.05) is 0 Å². The van der Waals surface area contributed by atoms with Gasteiger partial charge >= 0.3 is 7.82 Å². The number of unbranched alkanes of at least 4 members (excludes halogenated alkanes) is 34. The first-order chi connectivity index (χ1) is 28.3. The first kappa shape index (κ1) is 57.5. The van der Waals surface area contributed by atoms with Crippen molar-refractivity contribution in [2.75, 3.05) is 19.8 Å². The molecule has 1 amide bonds. The van der Waals surface area contributed by atoms with Gasteiger partial charge < -0.3 is 26.2 Å². The molecule has 0 aliphatic heterocycles. The minimum absolute atomic E-state index is 0.0629. The lowest BCUT2D eigenvalue weighted by atomic mass is 10.0. The molecular formula is C48H99N2O7P. The van der Waals surface area contributed by atoms with Gasteiger partial charge in [0.2, 0.25) is 5.91 Å². The summed E-state index contributed by atoms with van der Waals surface area (Å²) in [7, 11) is -4.37. The molecule has 0 spiro atoms. The van der Waals surface area contributed by atoms with Gasteiger partial charge in [0.25, 0.3) is 0 Å². The summed E-state index contributed by atoms with van der Waals surface area (Å²) in [5.41, 5.74) is 5.39. The third-order valence-electron chi connectivity index (χ3n) is 11.8. The van der Waals surface area contributed by atoms with Gasteiger partial charge in [0.15, 0.2) is 0 Å². The highest BCUT2D eigenvalue weighted by atomic mass is 31.2. The summed E-state index contributed by atoms with van der Waals surface area (Å²) in [4.78, 5) is 22.9. The largest absolute Gasteiger partial charge is 0.472 e. The predicted octanol–water partition coefficient (Wildman–Crippen LogP) is 13.5. The molecule has 0 saturated heterocycles. The Morgan fingerprint density at radius 3 is 1.16 bits per heavy atom. The van der Waals surface area contributed by atoms with Crippen LogP contribution in [-0.2, 0) is 18.4 Å². The fraction of sp³-hybridized carbons (Fsp3) is 0.979. The molecule has 0 aliphatic rings. The minimum atomic E-state index is -4.37. The zero-order valence-corrected chi connectivity index (χ0v) is 39.3. The van der Waals surface area contributed by atoms with Gasteiger partial charge in [0.05, 0.1) is 37.9 Å². The molecule has 0 aromatic rings. The lowest BCUT2D eigenvalue weighted by Crippen LogP contribution is -2.47. The maximum absolute atomic E-state index is 12.9. The van der Waals surface area contributed by atoms with Gasteiger partial charge in [-0.2, -0.15) is 0 Å². The van der Waals surface area contributed by atoms with Crippen molar-refractivity contribution in [2.24, 2.45) is 5.73 Å². The summed E-state index contributed by atoms with van der Waals surface area (Å²) in [6.07, 6.45) is 45.8. The third kappa shape index (κ3) is 42.2. The highest BCUT2D eigenvalue weighted by molar-refractivity contribution is 7.47. The topological polar surface area (TPSA) is 151 Å². The Balaban J connectivity index is 4.11.